The van der Waals surface area contributed by atoms with Crippen molar-refractivity contribution in [2.24, 2.45) is 5.92 Å². The van der Waals surface area contributed by atoms with Crippen LogP contribution in [0.25, 0.3) is 0 Å². The van der Waals surface area contributed by atoms with Gasteiger partial charge in [0.05, 0.1) is 10.5 Å². The molecule has 2 atom stereocenters. The normalized spacial score (nSPS) is 22.4. The van der Waals surface area contributed by atoms with Crippen LogP contribution >= 0.6 is 0 Å². The highest BCUT2D eigenvalue weighted by molar-refractivity contribution is 7.89. The molecule has 4 nitrogen and oxygen atoms in total. The van der Waals surface area contributed by atoms with Crippen LogP contribution < -0.4 is 0 Å². The molecule has 0 aromatic heterocycles. The quantitative estimate of drug-likeness (QED) is 0.395. The van der Waals surface area contributed by atoms with E-state index in [0.29, 0.717) is 5.92 Å². The Morgan fingerprint density at radius 3 is 2.03 bits per heavy atom. The molecule has 2 aliphatic heterocycles. The van der Waals surface area contributed by atoms with Gasteiger partial charge in [-0.05, 0) is 67.1 Å². The molecule has 2 heterocycles. The lowest BCUT2D eigenvalue weighted by atomic mass is 9.86. The summed E-state index contributed by atoms with van der Waals surface area (Å²) in [6.07, 6.45) is -2.49. The molecule has 8 heteroatoms. The smallest absolute Gasteiger partial charge is 0.303 e. The van der Waals surface area contributed by atoms with Gasteiger partial charge >= 0.3 is 6.18 Å². The van der Waals surface area contributed by atoms with E-state index in [9.17, 15) is 21.6 Å². The van der Waals surface area contributed by atoms with Gasteiger partial charge in [0.25, 0.3) is 0 Å². The fourth-order valence-electron chi connectivity index (χ4n) is 5.78. The lowest BCUT2D eigenvalue weighted by molar-refractivity contribution is -0.137. The van der Waals surface area contributed by atoms with E-state index in [1.807, 2.05) is 36.4 Å². The zero-order valence-corrected chi connectivity index (χ0v) is 21.3. The number of nitrogens with zero attached hydrogens (tertiary/aromatic N) is 2. The first-order chi connectivity index (χ1) is 17.7. The average Bonchev–Trinajstić information content (AvgIpc) is 3.34. The van der Waals surface area contributed by atoms with Gasteiger partial charge in [-0.3, -0.25) is 0 Å². The van der Waals surface area contributed by atoms with Gasteiger partial charge in [-0.2, -0.15) is 17.5 Å². The van der Waals surface area contributed by atoms with Crippen molar-refractivity contribution in [1.29, 1.82) is 0 Å². The summed E-state index contributed by atoms with van der Waals surface area (Å²) in [5.41, 5.74) is 1.47. The van der Waals surface area contributed by atoms with Crippen LogP contribution in [0.1, 0.15) is 41.4 Å². The molecule has 0 bridgehead atoms. The summed E-state index contributed by atoms with van der Waals surface area (Å²) in [6, 6.07) is 24.4. The molecule has 2 saturated heterocycles. The van der Waals surface area contributed by atoms with Gasteiger partial charge < -0.3 is 4.90 Å². The molecule has 0 amide bonds. The van der Waals surface area contributed by atoms with Gasteiger partial charge in [0.1, 0.15) is 0 Å². The van der Waals surface area contributed by atoms with E-state index in [4.69, 9.17) is 0 Å². The topological polar surface area (TPSA) is 40.6 Å². The van der Waals surface area contributed by atoms with Crippen molar-refractivity contribution < 1.29 is 21.6 Å². The monoisotopic (exact) mass is 528 g/mol. The molecule has 0 unspecified atom stereocenters. The number of rotatable bonds is 6. The minimum Gasteiger partial charge on any atom is -0.303 e. The van der Waals surface area contributed by atoms with Crippen LogP contribution in [0.15, 0.2) is 89.8 Å². The fraction of sp³-hybridized carbons (Fsp3) is 0.379. The molecule has 2 fully saturated rings. The molecule has 3 aromatic carbocycles. The Morgan fingerprint density at radius 1 is 0.784 bits per heavy atom. The van der Waals surface area contributed by atoms with Crippen LogP contribution in [0.2, 0.25) is 0 Å². The molecule has 37 heavy (non-hydrogen) atoms. The van der Waals surface area contributed by atoms with Crippen molar-refractivity contribution in [1.82, 2.24) is 9.21 Å². The van der Waals surface area contributed by atoms with Gasteiger partial charge in [0.15, 0.2) is 0 Å². The predicted octanol–water partition coefficient (Wildman–Crippen LogP) is 5.99. The SMILES string of the molecule is O=S(=O)(c1cccc(C(F)(F)F)c1)N1C[C@@H](CN2CCC(c3ccccc3)CC2)[C@H](c2ccccc2)C1. The van der Waals surface area contributed by atoms with Crippen molar-refractivity contribution in [2.45, 2.75) is 35.7 Å². The Balaban J connectivity index is 1.33. The Bertz CT molecular complexity index is 1290. The number of hydrogen-bond donors (Lipinski definition) is 0. The standard InChI is InChI=1S/C29H31F3N2O2S/c30-29(31,32)26-12-7-13-27(18-26)37(35,36)34-20-25(28(21-34)24-10-5-2-6-11-24)19-33-16-14-23(15-17-33)22-8-3-1-4-9-22/h1-13,18,23,25,28H,14-17,19-21H2/t25-,28+/m1/s1. The van der Waals surface area contributed by atoms with Crippen molar-refractivity contribution in [3.05, 3.63) is 102 Å². The van der Waals surface area contributed by atoms with E-state index < -0.39 is 21.8 Å². The maximum atomic E-state index is 13.5. The second kappa shape index (κ2) is 10.6. The summed E-state index contributed by atoms with van der Waals surface area (Å²) in [4.78, 5) is 2.11. The molecular formula is C29H31F3N2O2S. The van der Waals surface area contributed by atoms with Crippen LogP contribution in [0.3, 0.4) is 0 Å². The number of piperidine rings is 1. The number of benzene rings is 3. The third kappa shape index (κ3) is 5.76. The molecule has 0 N–H and O–H groups in total. The molecule has 0 radical (unpaired) electrons. The van der Waals surface area contributed by atoms with Gasteiger partial charge in [-0.25, -0.2) is 8.42 Å². The fourth-order valence-corrected chi connectivity index (χ4v) is 7.35. The molecule has 0 spiro atoms. The highest BCUT2D eigenvalue weighted by Gasteiger charge is 2.41. The van der Waals surface area contributed by atoms with Gasteiger partial charge in [0.2, 0.25) is 10.0 Å². The van der Waals surface area contributed by atoms with Gasteiger partial charge in [-0.15, -0.1) is 0 Å². The molecule has 2 aliphatic rings. The van der Waals surface area contributed by atoms with Crippen LogP contribution in [-0.2, 0) is 16.2 Å². The Kier molecular flexibility index (Phi) is 7.43. The summed E-state index contributed by atoms with van der Waals surface area (Å²) in [5.74, 6) is 0.564. The number of likely N-dealkylation sites (tertiary alicyclic amines) is 1. The second-order valence-electron chi connectivity index (χ2n) is 10.1. The second-order valence-corrected chi connectivity index (χ2v) is 12.0. The van der Waals surface area contributed by atoms with Gasteiger partial charge in [0, 0.05) is 25.6 Å². The van der Waals surface area contributed by atoms with E-state index in [2.05, 4.69) is 29.2 Å². The summed E-state index contributed by atoms with van der Waals surface area (Å²) in [5, 5.41) is 0. The zero-order chi connectivity index (χ0) is 26.0. The summed E-state index contributed by atoms with van der Waals surface area (Å²) in [7, 11) is -4.07. The number of halogens is 3. The lowest BCUT2D eigenvalue weighted by Crippen LogP contribution is -2.38. The third-order valence-electron chi connectivity index (χ3n) is 7.79. The Hall–Kier alpha value is -2.68. The zero-order valence-electron chi connectivity index (χ0n) is 20.5. The van der Waals surface area contributed by atoms with Crippen molar-refractivity contribution in [2.75, 3.05) is 32.7 Å². The summed E-state index contributed by atoms with van der Waals surface area (Å²) >= 11 is 0. The number of sulfonamides is 1. The first-order valence-electron chi connectivity index (χ1n) is 12.7. The van der Waals surface area contributed by atoms with Crippen molar-refractivity contribution in [3.8, 4) is 0 Å². The molecular weight excluding hydrogens is 497 g/mol. The first kappa shape index (κ1) is 25.9. The minimum atomic E-state index is -4.60. The van der Waals surface area contributed by atoms with Crippen LogP contribution in [0.4, 0.5) is 13.2 Å². The van der Waals surface area contributed by atoms with E-state index in [0.717, 1.165) is 56.2 Å². The number of hydrogen-bond acceptors (Lipinski definition) is 3. The number of alkyl halides is 3. The largest absolute Gasteiger partial charge is 0.416 e. The Morgan fingerprint density at radius 2 is 1.41 bits per heavy atom. The highest BCUT2D eigenvalue weighted by atomic mass is 32.2. The summed E-state index contributed by atoms with van der Waals surface area (Å²) in [6.45, 7) is 3.19. The molecule has 5 rings (SSSR count). The maximum absolute atomic E-state index is 13.5. The van der Waals surface area contributed by atoms with Crippen molar-refractivity contribution in [3.63, 3.8) is 0 Å². The van der Waals surface area contributed by atoms with E-state index >= 15 is 0 Å². The molecule has 0 saturated carbocycles. The van der Waals surface area contributed by atoms with E-state index in [1.54, 1.807) is 0 Å². The van der Waals surface area contributed by atoms with Crippen molar-refractivity contribution >= 4 is 10.0 Å². The molecule has 3 aromatic rings. The average molecular weight is 529 g/mol. The van der Waals surface area contributed by atoms with E-state index in [1.165, 1.54) is 15.9 Å². The maximum Gasteiger partial charge on any atom is 0.416 e. The minimum absolute atomic E-state index is 0.0198. The summed E-state index contributed by atoms with van der Waals surface area (Å²) < 4.78 is 68.1. The Labute approximate surface area is 216 Å². The predicted molar refractivity (Wildman–Crippen MR) is 138 cm³/mol. The third-order valence-corrected chi connectivity index (χ3v) is 9.61. The highest BCUT2D eigenvalue weighted by Crippen LogP contribution is 2.38. The first-order valence-corrected chi connectivity index (χ1v) is 14.2. The van der Waals surface area contributed by atoms with E-state index in [-0.39, 0.29) is 29.8 Å². The van der Waals surface area contributed by atoms with Gasteiger partial charge in [-0.1, -0.05) is 66.7 Å². The molecule has 196 valence electrons. The lowest BCUT2D eigenvalue weighted by Gasteiger charge is -2.35. The van der Waals surface area contributed by atoms with Crippen LogP contribution in [0.5, 0.6) is 0 Å². The van der Waals surface area contributed by atoms with Crippen LogP contribution in [-0.4, -0.2) is 50.3 Å². The van der Waals surface area contributed by atoms with Crippen LogP contribution in [0, 0.1) is 5.92 Å². The molecule has 0 aliphatic carbocycles.